The van der Waals surface area contributed by atoms with Gasteiger partial charge in [0.1, 0.15) is 104 Å². The Labute approximate surface area is 483 Å². The van der Waals surface area contributed by atoms with Crippen LogP contribution in [0.5, 0.6) is 0 Å². The maximum atomic E-state index is 11.3. The quantitative estimate of drug-likeness (QED) is 0.0651. The second kappa shape index (κ2) is 25.5. The molecule has 0 unspecified atom stereocenters. The van der Waals surface area contributed by atoms with Gasteiger partial charge >= 0.3 is 0 Å². The van der Waals surface area contributed by atoms with Crippen LogP contribution in [0.4, 0.5) is 0 Å². The maximum absolute atomic E-state index is 11.3. The van der Waals surface area contributed by atoms with E-state index in [2.05, 4.69) is 26.8 Å². The lowest BCUT2D eigenvalue weighted by Crippen LogP contribution is -2.68. The molecule has 0 aromatic heterocycles. The van der Waals surface area contributed by atoms with E-state index in [1.807, 2.05) is 6.92 Å². The van der Waals surface area contributed by atoms with E-state index >= 15 is 0 Å². The van der Waals surface area contributed by atoms with Gasteiger partial charge in [-0.15, -0.1) is 0 Å². The lowest BCUT2D eigenvalue weighted by Gasteiger charge is -2.58. The summed E-state index contributed by atoms with van der Waals surface area (Å²) in [6.45, 7) is 10.3. The molecule has 83 heavy (non-hydrogen) atoms. The summed E-state index contributed by atoms with van der Waals surface area (Å²) in [6, 6.07) is 0. The zero-order valence-corrected chi connectivity index (χ0v) is 48.4. The van der Waals surface area contributed by atoms with Gasteiger partial charge in [0.15, 0.2) is 37.2 Å². The Hall–Kier alpha value is -1.30. The van der Waals surface area contributed by atoms with Crippen LogP contribution in [0.3, 0.4) is 0 Å². The normalized spacial score (nSPS) is 55.0. The standard InChI is InChI=1S/C57H94O26/c1-22(20-73-50-44(69)42(67)39(64)33(18-58)78-50)10-15-57(72-7)23(2)35-32(83-57)17-30-28-9-8-26-16-27(11-13-55(26,5)29(28)12-14-56(30,35)6)77-54-49(82-53-46(71)41(66)37(62)25(4)76-53)48(81-51-43(68)38(63)31(60)21-74-51)47(34(19-59)79-54)80-52-45(70)40(65)36(61)24(3)75-52/h8,22-25,27-54,58-71H,9-21H2,1-7H3/t22-,23+,24+,25+,27+,28-,29+,30+,31-,32+,33-,34-,35+,36+,37+,38+,39-,40-,41-,42+,43-,44-,45-,46-,47-,48+,49-,50-,51+,52+,53+,54-,55+,56+,57+/m1/s1. The number of hydrogen-bond acceptors (Lipinski definition) is 26. The summed E-state index contributed by atoms with van der Waals surface area (Å²) >= 11 is 0. The van der Waals surface area contributed by atoms with Gasteiger partial charge in [-0.2, -0.15) is 0 Å². The summed E-state index contributed by atoms with van der Waals surface area (Å²) in [7, 11) is 1.71. The SMILES string of the molecule is CO[C@@]1(CC[C@@H](C)CO[C@@H]2O[C@H](CO)[C@@H](O)[C@H](O)[C@H]2O)O[C@H]2C[C@H]3[C@@H]4CC=C5C[C@@H](O[C@@H]6O[C@H](CO)[C@@H](O[C@@H]7O[C@@H](C)[C@H](O)[C@@H](O)[C@H]7O)[C@H](O[C@@H]7OC[C@@H](O)[C@H](O)[C@H]7O)[C@H]6O[C@@H]6O[C@@H](C)[C@H](O)[C@@H](O)[C@H]6O)CC[C@]5(C)[C@H]4CC[C@]3(C)[C@H]2[C@@H]1C. The second-order valence-electron chi connectivity index (χ2n) is 26.3. The van der Waals surface area contributed by atoms with Gasteiger partial charge in [0, 0.05) is 19.4 Å². The highest BCUT2D eigenvalue weighted by Gasteiger charge is 2.69. The molecule has 10 aliphatic rings. The fourth-order valence-corrected chi connectivity index (χ4v) is 16.4. The van der Waals surface area contributed by atoms with Crippen LogP contribution in [-0.4, -0.2) is 270 Å². The molecule has 4 aliphatic carbocycles. The van der Waals surface area contributed by atoms with E-state index in [0.29, 0.717) is 43.4 Å². The largest absolute Gasteiger partial charge is 0.394 e. The minimum absolute atomic E-state index is 0.0162. The Morgan fingerprint density at radius 1 is 0.614 bits per heavy atom. The van der Waals surface area contributed by atoms with Crippen LogP contribution in [0, 0.1) is 46.3 Å². The fraction of sp³-hybridized carbons (Fsp3) is 0.965. The van der Waals surface area contributed by atoms with Crippen LogP contribution in [0.25, 0.3) is 0 Å². The number of methoxy groups -OCH3 is 1. The third-order valence-corrected chi connectivity index (χ3v) is 21.5. The average Bonchev–Trinajstić information content (AvgIpc) is 2.51. The van der Waals surface area contributed by atoms with Gasteiger partial charge in [0.2, 0.25) is 0 Å². The topological polar surface area (TPSA) is 394 Å². The molecular formula is C57H94O26. The highest BCUT2D eigenvalue weighted by atomic mass is 16.8. The summed E-state index contributed by atoms with van der Waals surface area (Å²) in [5.74, 6) is 0.580. The Morgan fingerprint density at radius 3 is 1.84 bits per heavy atom. The maximum Gasteiger partial charge on any atom is 0.187 e. The zero-order chi connectivity index (χ0) is 59.9. The molecular weight excluding hydrogens is 1100 g/mol. The van der Waals surface area contributed by atoms with Crippen molar-refractivity contribution in [2.24, 2.45) is 46.3 Å². The van der Waals surface area contributed by atoms with Gasteiger partial charge in [-0.05, 0) is 106 Å². The fourth-order valence-electron chi connectivity index (χ4n) is 16.4. The van der Waals surface area contributed by atoms with Gasteiger partial charge < -0.3 is 128 Å². The molecule has 35 atom stereocenters. The Kier molecular flexibility index (Phi) is 19.9. The van der Waals surface area contributed by atoms with Crippen molar-refractivity contribution < 1.29 is 128 Å². The van der Waals surface area contributed by atoms with Crippen molar-refractivity contribution >= 4 is 0 Å². The number of ether oxygens (including phenoxy) is 12. The van der Waals surface area contributed by atoms with E-state index in [1.165, 1.54) is 19.4 Å². The molecule has 0 radical (unpaired) electrons. The lowest BCUT2D eigenvalue weighted by molar-refractivity contribution is -0.407. The molecule has 6 aliphatic heterocycles. The van der Waals surface area contributed by atoms with E-state index in [1.54, 1.807) is 7.11 Å². The minimum Gasteiger partial charge on any atom is -0.394 e. The highest BCUT2D eigenvalue weighted by molar-refractivity contribution is 5.26. The molecule has 0 aromatic rings. The molecule has 0 bridgehead atoms. The van der Waals surface area contributed by atoms with E-state index in [4.69, 9.17) is 56.8 Å². The van der Waals surface area contributed by atoms with Crippen molar-refractivity contribution in [1.82, 2.24) is 0 Å². The van der Waals surface area contributed by atoms with Crippen LogP contribution in [-0.2, 0) is 56.8 Å². The summed E-state index contributed by atoms with van der Waals surface area (Å²) in [4.78, 5) is 0. The van der Waals surface area contributed by atoms with E-state index < -0.39 is 179 Å². The molecule has 6 heterocycles. The zero-order valence-electron chi connectivity index (χ0n) is 48.4. The molecule has 0 spiro atoms. The number of rotatable bonds is 17. The minimum atomic E-state index is -1.86. The summed E-state index contributed by atoms with van der Waals surface area (Å²) in [5.41, 5.74) is 1.01. The number of allylic oxidation sites excluding steroid dienone is 1. The van der Waals surface area contributed by atoms with E-state index in [9.17, 15) is 71.5 Å². The van der Waals surface area contributed by atoms with Gasteiger partial charge in [-0.25, -0.2) is 0 Å². The van der Waals surface area contributed by atoms with Crippen molar-refractivity contribution in [1.29, 1.82) is 0 Å². The molecule has 26 nitrogen and oxygen atoms in total. The molecule has 6 saturated heterocycles. The molecule has 14 N–H and O–H groups in total. The summed E-state index contributed by atoms with van der Waals surface area (Å²) in [6.07, 6.45) is -28.4. The molecule has 9 fully saturated rings. The first-order valence-electron chi connectivity index (χ1n) is 30.1. The Bertz CT molecular complexity index is 2180. The molecule has 26 heteroatoms. The number of hydrogen-bond donors (Lipinski definition) is 14. The van der Waals surface area contributed by atoms with Crippen molar-refractivity contribution in [3.8, 4) is 0 Å². The molecule has 10 rings (SSSR count). The average molecular weight is 1200 g/mol. The van der Waals surface area contributed by atoms with Gasteiger partial charge in [0.05, 0.1) is 50.8 Å². The number of aliphatic hydroxyl groups is 14. The summed E-state index contributed by atoms with van der Waals surface area (Å²) in [5, 5.41) is 149. The predicted octanol–water partition coefficient (Wildman–Crippen LogP) is -2.86. The van der Waals surface area contributed by atoms with Crippen LogP contribution in [0.2, 0.25) is 0 Å². The number of aliphatic hydroxyl groups excluding tert-OH is 14. The first-order valence-corrected chi connectivity index (χ1v) is 30.1. The first-order chi connectivity index (χ1) is 39.3. The van der Waals surface area contributed by atoms with Crippen LogP contribution < -0.4 is 0 Å². The monoisotopic (exact) mass is 1190 g/mol. The molecule has 478 valence electrons. The van der Waals surface area contributed by atoms with Gasteiger partial charge in [-0.1, -0.05) is 39.3 Å². The van der Waals surface area contributed by atoms with Gasteiger partial charge in [-0.3, -0.25) is 0 Å². The summed E-state index contributed by atoms with van der Waals surface area (Å²) < 4.78 is 75.0. The van der Waals surface area contributed by atoms with Crippen LogP contribution in [0.1, 0.15) is 99.3 Å². The predicted molar refractivity (Wildman–Crippen MR) is 280 cm³/mol. The first kappa shape index (κ1) is 64.7. The molecule has 3 saturated carbocycles. The third-order valence-electron chi connectivity index (χ3n) is 21.5. The van der Waals surface area contributed by atoms with Crippen molar-refractivity contribution in [3.63, 3.8) is 0 Å². The number of fused-ring (bicyclic) bond motifs is 7. The van der Waals surface area contributed by atoms with Crippen molar-refractivity contribution in [2.45, 2.75) is 265 Å². The van der Waals surface area contributed by atoms with E-state index in [-0.39, 0.29) is 41.3 Å². The molecule has 0 aromatic carbocycles. The van der Waals surface area contributed by atoms with Crippen LogP contribution in [0.15, 0.2) is 11.6 Å². The van der Waals surface area contributed by atoms with Crippen molar-refractivity contribution in [3.05, 3.63) is 11.6 Å². The molecule has 0 amide bonds. The van der Waals surface area contributed by atoms with E-state index in [0.717, 1.165) is 32.1 Å². The smallest absolute Gasteiger partial charge is 0.187 e. The lowest BCUT2D eigenvalue weighted by atomic mass is 9.47. The Morgan fingerprint density at radius 2 is 1.20 bits per heavy atom. The highest BCUT2D eigenvalue weighted by Crippen LogP contribution is 2.70. The Balaban J connectivity index is 0.850. The third kappa shape index (κ3) is 11.8. The van der Waals surface area contributed by atoms with Gasteiger partial charge in [0.25, 0.3) is 0 Å². The van der Waals surface area contributed by atoms with Crippen molar-refractivity contribution in [2.75, 3.05) is 33.5 Å². The van der Waals surface area contributed by atoms with Crippen LogP contribution >= 0.6 is 0 Å². The second-order valence-corrected chi connectivity index (χ2v) is 26.3.